The summed E-state index contributed by atoms with van der Waals surface area (Å²) in [4.78, 5) is 153. The van der Waals surface area contributed by atoms with Crippen molar-refractivity contribution in [3.63, 3.8) is 0 Å². The van der Waals surface area contributed by atoms with Crippen molar-refractivity contribution in [1.29, 1.82) is 0 Å². The number of nitrogens with two attached hydrogens (primary N) is 5. The van der Waals surface area contributed by atoms with Crippen LogP contribution in [0, 0.1) is 0 Å². The van der Waals surface area contributed by atoms with E-state index in [1.54, 1.807) is 42.5 Å². The number of primary amides is 3. The first-order valence-corrected chi connectivity index (χ1v) is 27.5. The van der Waals surface area contributed by atoms with Gasteiger partial charge < -0.3 is 75.9 Å². The molecule has 7 atom stereocenters. The number of rotatable bonds is 19. The van der Waals surface area contributed by atoms with Crippen molar-refractivity contribution in [3.05, 3.63) is 65.7 Å². The zero-order valence-corrected chi connectivity index (χ0v) is 43.2. The van der Waals surface area contributed by atoms with Crippen LogP contribution in [-0.4, -0.2) is 154 Å². The van der Waals surface area contributed by atoms with E-state index < -0.39 is 133 Å². The Balaban J connectivity index is 1.68. The second kappa shape index (κ2) is 30.8. The zero-order chi connectivity index (χ0) is 55.0. The Hall–Kier alpha value is -7.27. The van der Waals surface area contributed by atoms with E-state index in [1.807, 2.05) is 0 Å². The molecule has 0 aromatic heterocycles. The van der Waals surface area contributed by atoms with Crippen molar-refractivity contribution in [3.8, 4) is 5.75 Å². The Morgan fingerprint density at radius 3 is 1.99 bits per heavy atom. The van der Waals surface area contributed by atoms with Gasteiger partial charge in [-0.1, -0.05) is 64.1 Å². The lowest BCUT2D eigenvalue weighted by Crippen LogP contribution is -2.61. The maximum absolute atomic E-state index is 14.6. The fraction of sp³-hybridized carbons (Fsp3) is 0.478. The van der Waals surface area contributed by atoms with Gasteiger partial charge in [0.05, 0.1) is 13.0 Å². The van der Waals surface area contributed by atoms with Gasteiger partial charge in [0, 0.05) is 50.3 Å². The van der Waals surface area contributed by atoms with Crippen LogP contribution in [0.2, 0.25) is 0 Å². The van der Waals surface area contributed by atoms with E-state index in [9.17, 15) is 57.8 Å². The Bertz CT molecular complexity index is 2400. The van der Waals surface area contributed by atoms with Gasteiger partial charge in [0.1, 0.15) is 48.0 Å². The van der Waals surface area contributed by atoms with E-state index in [0.29, 0.717) is 17.5 Å². The summed E-state index contributed by atoms with van der Waals surface area (Å²) in [7, 11) is 3.45. The number of phenolic OH excluding ortho intramolecular Hbond substituents is 1. The lowest BCUT2D eigenvalue weighted by Gasteiger charge is -2.30. The number of benzene rings is 2. The average Bonchev–Trinajstić information content (AvgIpc) is 3.86. The summed E-state index contributed by atoms with van der Waals surface area (Å²) in [6, 6.07) is 4.59. The minimum absolute atomic E-state index is 0.0172. The fourth-order valence-corrected chi connectivity index (χ4v) is 11.6. The number of likely N-dealkylation sites (tertiary alicyclic amines) is 1. The fourth-order valence-electron chi connectivity index (χ4n) is 7.77. The summed E-state index contributed by atoms with van der Waals surface area (Å²) in [6.07, 6.45) is -1.25. The first-order valence-electron chi connectivity index (χ1n) is 23.7. The summed E-state index contributed by atoms with van der Waals surface area (Å²) in [6.45, 7) is -0.386. The van der Waals surface area contributed by atoms with Gasteiger partial charge in [0.15, 0.2) is 5.96 Å². The van der Waals surface area contributed by atoms with E-state index in [4.69, 9.17) is 28.7 Å². The Morgan fingerprint density at radius 2 is 1.35 bits per heavy atom. The number of amides is 11. The lowest BCUT2D eigenvalue weighted by molar-refractivity contribution is -0.142. The van der Waals surface area contributed by atoms with Crippen LogP contribution in [0.3, 0.4) is 0 Å². The molecule has 2 aromatic carbocycles. The highest BCUT2D eigenvalue weighted by Gasteiger charge is 2.40. The molecule has 0 bridgehead atoms. The number of aromatic hydroxyl groups is 1. The molecular weight excluding hydrogens is 1040 g/mol. The zero-order valence-electron chi connectivity index (χ0n) is 40.8. The van der Waals surface area contributed by atoms with E-state index in [1.165, 1.54) is 27.8 Å². The van der Waals surface area contributed by atoms with Crippen molar-refractivity contribution in [1.82, 2.24) is 42.1 Å². The van der Waals surface area contributed by atoms with Gasteiger partial charge in [0.2, 0.25) is 65.0 Å². The third-order valence-corrected chi connectivity index (χ3v) is 15.8. The number of hydrogen-bond donors (Lipinski definition) is 13. The second-order valence-electron chi connectivity index (χ2n) is 17.4. The molecule has 408 valence electrons. The van der Waals surface area contributed by atoms with E-state index >= 15 is 0 Å². The first-order chi connectivity index (χ1) is 35.7. The number of aliphatic imine (C=N–C) groups is 1. The number of carbonyl (C=O) groups excluding carboxylic acids is 11. The largest absolute Gasteiger partial charge is 0.508 e. The average molecular weight is 1100 g/mol. The van der Waals surface area contributed by atoms with Gasteiger partial charge in [-0.15, -0.1) is 0 Å². The predicted molar refractivity (Wildman–Crippen MR) is 280 cm³/mol. The van der Waals surface area contributed by atoms with Gasteiger partial charge in [-0.3, -0.25) is 57.7 Å². The van der Waals surface area contributed by atoms with Gasteiger partial charge in [-0.05, 0) is 65.2 Å². The molecule has 2 fully saturated rings. The van der Waals surface area contributed by atoms with Crippen molar-refractivity contribution in [2.75, 3.05) is 31.1 Å². The molecule has 18 N–H and O–H groups in total. The third-order valence-electron chi connectivity index (χ3n) is 11.5. The molecule has 26 nitrogen and oxygen atoms in total. The Labute approximate surface area is 443 Å². The smallest absolute Gasteiger partial charge is 0.246 e. The van der Waals surface area contributed by atoms with Crippen LogP contribution in [0.5, 0.6) is 5.75 Å². The Morgan fingerprint density at radius 1 is 0.733 bits per heavy atom. The second-order valence-corrected chi connectivity index (χ2v) is 21.8. The summed E-state index contributed by atoms with van der Waals surface area (Å²) in [5, 5.41) is 27.8. The molecule has 75 heavy (non-hydrogen) atoms. The molecular formula is C46H64N14O12S3. The van der Waals surface area contributed by atoms with Crippen molar-refractivity contribution in [2.24, 2.45) is 33.7 Å². The SMILES string of the molecule is NC(=O)CCC1NC(=O)C(Cc2ccccc2)NC(=O)C(Cc2ccc(O)cc2)NC(=O)CCSSSCC(C(=O)N2CCCC2C(=O)NC(CCCN=C(N)N)C(=O)NCC(N)=O)NC(=O)C(CC(N)=O)NC1=O. The number of nitrogens with zero attached hydrogens (tertiary/aromatic N) is 2. The molecule has 0 aliphatic carbocycles. The number of nitrogens with one attached hydrogen (secondary N) is 7. The topological polar surface area (TPSA) is 438 Å². The molecule has 2 aliphatic rings. The van der Waals surface area contributed by atoms with Crippen molar-refractivity contribution in [2.45, 2.75) is 107 Å². The third kappa shape index (κ3) is 21.2. The van der Waals surface area contributed by atoms with E-state index in [0.717, 1.165) is 20.6 Å². The summed E-state index contributed by atoms with van der Waals surface area (Å²) in [5.74, 6) is -9.56. The highest BCUT2D eigenvalue weighted by molar-refractivity contribution is 9.09. The van der Waals surface area contributed by atoms with Gasteiger partial charge >= 0.3 is 0 Å². The number of hydrogen-bond acceptors (Lipinski definition) is 16. The van der Waals surface area contributed by atoms with Gasteiger partial charge in [0.25, 0.3) is 0 Å². The summed E-state index contributed by atoms with van der Waals surface area (Å²) in [5.41, 5.74) is 28.2. The van der Waals surface area contributed by atoms with E-state index in [2.05, 4.69) is 42.2 Å². The minimum atomic E-state index is -1.77. The molecule has 29 heteroatoms. The maximum atomic E-state index is 14.6. The maximum Gasteiger partial charge on any atom is 0.246 e. The molecule has 11 amide bonds. The monoisotopic (exact) mass is 1100 g/mol. The molecule has 4 rings (SSSR count). The minimum Gasteiger partial charge on any atom is -0.508 e. The molecule has 0 radical (unpaired) electrons. The van der Waals surface area contributed by atoms with Crippen LogP contribution >= 0.6 is 31.4 Å². The van der Waals surface area contributed by atoms with E-state index in [-0.39, 0.29) is 74.8 Å². The molecule has 0 saturated carbocycles. The van der Waals surface area contributed by atoms with Crippen molar-refractivity contribution >= 4 is 102 Å². The van der Waals surface area contributed by atoms with Crippen LogP contribution in [0.4, 0.5) is 0 Å². The molecule has 2 saturated heterocycles. The van der Waals surface area contributed by atoms with Gasteiger partial charge in [-0.2, -0.15) is 0 Å². The predicted octanol–water partition coefficient (Wildman–Crippen LogP) is -3.69. The number of carbonyl (C=O) groups is 11. The summed E-state index contributed by atoms with van der Waals surface area (Å²) >= 11 is 0. The summed E-state index contributed by atoms with van der Waals surface area (Å²) < 4.78 is 0. The Kier molecular flexibility index (Phi) is 24.8. The molecule has 2 heterocycles. The highest BCUT2D eigenvalue weighted by atomic mass is 33.5. The molecule has 2 aliphatic heterocycles. The van der Waals surface area contributed by atoms with Gasteiger partial charge in [-0.25, -0.2) is 0 Å². The number of guanidine groups is 1. The van der Waals surface area contributed by atoms with Crippen LogP contribution in [-0.2, 0) is 65.6 Å². The standard InChI is InChI=1S/C46H64N14O12S3/c47-35(62)15-14-29-40(67)58-32(22-36(48)63)43(70)59-33(45(72)60-18-5-9-34(60)44(71)56-28(8-4-17-52-46(50)51)39(66)53-23-37(49)64)24-74-75-73-19-16-38(65)54-30(21-26-10-12-27(61)13-11-26)41(68)57-31(42(69)55-29)20-25-6-2-1-3-7-25/h1-3,6-7,10-13,28-34,61H,4-5,8-9,14-24H2,(H2,47,62)(H2,48,63)(H2,49,64)(H,53,66)(H,54,65)(H,55,69)(H,56,71)(H,57,68)(H,58,67)(H,59,70)(H4,50,51,52). The lowest BCUT2D eigenvalue weighted by atomic mass is 10.0. The molecule has 2 aromatic rings. The quantitative estimate of drug-likeness (QED) is 0.0279. The van der Waals surface area contributed by atoms with Crippen LogP contribution in [0.25, 0.3) is 0 Å². The normalized spacial score (nSPS) is 21.8. The van der Waals surface area contributed by atoms with Crippen LogP contribution in [0.15, 0.2) is 59.6 Å². The van der Waals surface area contributed by atoms with Crippen molar-refractivity contribution < 1.29 is 57.8 Å². The first kappa shape index (κ1) is 60.3. The number of phenols is 1. The highest BCUT2D eigenvalue weighted by Crippen LogP contribution is 2.36. The van der Waals surface area contributed by atoms with Crippen LogP contribution in [0.1, 0.15) is 62.5 Å². The van der Waals surface area contributed by atoms with Crippen LogP contribution < -0.4 is 65.9 Å². The molecule has 0 spiro atoms. The molecule has 7 unspecified atom stereocenters.